The Morgan fingerprint density at radius 3 is 2.58 bits per heavy atom. The summed E-state index contributed by atoms with van der Waals surface area (Å²) in [7, 11) is 0. The van der Waals surface area contributed by atoms with Crippen LogP contribution < -0.4 is 0 Å². The summed E-state index contributed by atoms with van der Waals surface area (Å²) in [6.07, 6.45) is 0.701. The maximum atomic E-state index is 9.45. The fourth-order valence-corrected chi connectivity index (χ4v) is 2.44. The highest BCUT2D eigenvalue weighted by molar-refractivity contribution is 5.37. The van der Waals surface area contributed by atoms with Crippen molar-refractivity contribution in [2.75, 3.05) is 0 Å². The largest absolute Gasteiger partial charge is 0.361 e. The van der Waals surface area contributed by atoms with Gasteiger partial charge in [-0.3, -0.25) is 0 Å². The standard InChI is InChI=1S/C16H18N2O/c1-10-5-6-11(2)14(7-10)8-15(9-17)16-12(3)18-19-13(16)4/h5-7,15H,8H2,1-4H3. The van der Waals surface area contributed by atoms with E-state index in [1.54, 1.807) is 0 Å². The van der Waals surface area contributed by atoms with Crippen LogP contribution in [0.4, 0.5) is 0 Å². The zero-order chi connectivity index (χ0) is 14.0. The summed E-state index contributed by atoms with van der Waals surface area (Å²) in [4.78, 5) is 0. The Morgan fingerprint density at radius 1 is 1.26 bits per heavy atom. The van der Waals surface area contributed by atoms with Crippen LogP contribution in [0.5, 0.6) is 0 Å². The molecule has 0 aliphatic carbocycles. The van der Waals surface area contributed by atoms with Crippen molar-refractivity contribution in [3.8, 4) is 6.07 Å². The van der Waals surface area contributed by atoms with Crippen LogP contribution in [-0.4, -0.2) is 5.16 Å². The van der Waals surface area contributed by atoms with E-state index in [4.69, 9.17) is 4.52 Å². The van der Waals surface area contributed by atoms with E-state index in [-0.39, 0.29) is 5.92 Å². The highest BCUT2D eigenvalue weighted by Crippen LogP contribution is 2.27. The van der Waals surface area contributed by atoms with Gasteiger partial charge in [0.25, 0.3) is 0 Å². The molecule has 1 unspecified atom stereocenters. The molecule has 0 aliphatic rings. The molecule has 3 heteroatoms. The molecule has 2 rings (SSSR count). The van der Waals surface area contributed by atoms with Crippen LogP contribution >= 0.6 is 0 Å². The number of benzene rings is 1. The highest BCUT2D eigenvalue weighted by atomic mass is 16.5. The van der Waals surface area contributed by atoms with E-state index in [2.05, 4.69) is 43.3 Å². The average Bonchev–Trinajstić information content (AvgIpc) is 2.71. The number of aryl methyl sites for hydroxylation is 4. The molecule has 0 spiro atoms. The van der Waals surface area contributed by atoms with Crippen molar-refractivity contribution in [2.24, 2.45) is 0 Å². The molecule has 98 valence electrons. The van der Waals surface area contributed by atoms with Crippen molar-refractivity contribution in [1.29, 1.82) is 5.26 Å². The Bertz CT molecular complexity index is 615. The first kappa shape index (κ1) is 13.4. The quantitative estimate of drug-likeness (QED) is 0.838. The predicted octanol–water partition coefficient (Wildman–Crippen LogP) is 3.76. The zero-order valence-electron chi connectivity index (χ0n) is 11.8. The van der Waals surface area contributed by atoms with E-state index in [0.717, 1.165) is 17.0 Å². The van der Waals surface area contributed by atoms with E-state index >= 15 is 0 Å². The molecule has 3 nitrogen and oxygen atoms in total. The summed E-state index contributed by atoms with van der Waals surface area (Å²) in [5.41, 5.74) is 5.40. The smallest absolute Gasteiger partial charge is 0.138 e. The summed E-state index contributed by atoms with van der Waals surface area (Å²) >= 11 is 0. The van der Waals surface area contributed by atoms with Gasteiger partial charge in [0.15, 0.2) is 0 Å². The molecule has 0 saturated carbocycles. The number of nitriles is 1. The van der Waals surface area contributed by atoms with Gasteiger partial charge in [0.2, 0.25) is 0 Å². The maximum Gasteiger partial charge on any atom is 0.138 e. The molecule has 0 N–H and O–H groups in total. The monoisotopic (exact) mass is 254 g/mol. The molecule has 0 fully saturated rings. The highest BCUT2D eigenvalue weighted by Gasteiger charge is 2.21. The number of hydrogen-bond donors (Lipinski definition) is 0. The molecule has 0 saturated heterocycles. The van der Waals surface area contributed by atoms with Crippen LogP contribution in [0.3, 0.4) is 0 Å². The maximum absolute atomic E-state index is 9.45. The molecule has 19 heavy (non-hydrogen) atoms. The minimum atomic E-state index is -0.202. The Kier molecular flexibility index (Phi) is 3.71. The van der Waals surface area contributed by atoms with Gasteiger partial charge in [0, 0.05) is 5.56 Å². The van der Waals surface area contributed by atoms with Crippen LogP contribution in [0.1, 0.15) is 39.6 Å². The Labute approximate surface area is 113 Å². The Hall–Kier alpha value is -2.08. The third-order valence-corrected chi connectivity index (χ3v) is 3.52. The van der Waals surface area contributed by atoms with Gasteiger partial charge < -0.3 is 4.52 Å². The SMILES string of the molecule is Cc1ccc(C)c(CC(C#N)c2c(C)noc2C)c1. The first-order valence-corrected chi connectivity index (χ1v) is 6.41. The minimum absolute atomic E-state index is 0.202. The van der Waals surface area contributed by atoms with E-state index in [0.29, 0.717) is 6.42 Å². The second-order valence-corrected chi connectivity index (χ2v) is 5.05. The summed E-state index contributed by atoms with van der Waals surface area (Å²) in [5.74, 6) is 0.543. The van der Waals surface area contributed by atoms with Crippen molar-refractivity contribution in [2.45, 2.75) is 40.0 Å². The zero-order valence-corrected chi connectivity index (χ0v) is 11.8. The third kappa shape index (κ3) is 2.68. The molecule has 0 bridgehead atoms. The van der Waals surface area contributed by atoms with Crippen LogP contribution in [-0.2, 0) is 6.42 Å². The number of hydrogen-bond acceptors (Lipinski definition) is 3. The molecule has 0 aliphatic heterocycles. The Morgan fingerprint density at radius 2 is 2.00 bits per heavy atom. The lowest BCUT2D eigenvalue weighted by Gasteiger charge is -2.12. The average molecular weight is 254 g/mol. The summed E-state index contributed by atoms with van der Waals surface area (Å²) in [6.45, 7) is 7.90. The molecule has 0 amide bonds. The van der Waals surface area contributed by atoms with E-state index in [1.165, 1.54) is 16.7 Å². The van der Waals surface area contributed by atoms with Gasteiger partial charge in [0.05, 0.1) is 17.7 Å². The van der Waals surface area contributed by atoms with Gasteiger partial charge in [-0.05, 0) is 45.2 Å². The van der Waals surface area contributed by atoms with Crippen molar-refractivity contribution >= 4 is 0 Å². The van der Waals surface area contributed by atoms with Gasteiger partial charge in [-0.1, -0.05) is 28.9 Å². The van der Waals surface area contributed by atoms with Crippen LogP contribution in [0, 0.1) is 39.0 Å². The molecule has 0 radical (unpaired) electrons. The van der Waals surface area contributed by atoms with Crippen LogP contribution in [0.2, 0.25) is 0 Å². The van der Waals surface area contributed by atoms with E-state index < -0.39 is 0 Å². The number of rotatable bonds is 3. The first-order chi connectivity index (χ1) is 9.02. The predicted molar refractivity (Wildman–Crippen MR) is 74.0 cm³/mol. The first-order valence-electron chi connectivity index (χ1n) is 6.41. The van der Waals surface area contributed by atoms with Gasteiger partial charge in [-0.25, -0.2) is 0 Å². The molecule has 1 aromatic carbocycles. The summed E-state index contributed by atoms with van der Waals surface area (Å²) in [5, 5.41) is 13.4. The molecular formula is C16H18N2O. The van der Waals surface area contributed by atoms with Crippen molar-refractivity contribution in [3.05, 3.63) is 51.9 Å². The molecule has 1 aromatic heterocycles. The number of aromatic nitrogens is 1. The van der Waals surface area contributed by atoms with Gasteiger partial charge in [-0.2, -0.15) is 5.26 Å². The van der Waals surface area contributed by atoms with Crippen molar-refractivity contribution in [1.82, 2.24) is 5.16 Å². The van der Waals surface area contributed by atoms with Crippen LogP contribution in [0.15, 0.2) is 22.7 Å². The summed E-state index contributed by atoms with van der Waals surface area (Å²) in [6, 6.07) is 8.73. The molecular weight excluding hydrogens is 236 g/mol. The minimum Gasteiger partial charge on any atom is -0.361 e. The fourth-order valence-electron chi connectivity index (χ4n) is 2.44. The molecule has 2 aromatic rings. The lowest BCUT2D eigenvalue weighted by atomic mass is 9.89. The fraction of sp³-hybridized carbons (Fsp3) is 0.375. The number of nitrogens with zero attached hydrogens (tertiary/aromatic N) is 2. The van der Waals surface area contributed by atoms with E-state index in [1.807, 2.05) is 13.8 Å². The second-order valence-electron chi connectivity index (χ2n) is 5.05. The second kappa shape index (κ2) is 5.27. The lowest BCUT2D eigenvalue weighted by molar-refractivity contribution is 0.392. The van der Waals surface area contributed by atoms with Gasteiger partial charge >= 0.3 is 0 Å². The Balaban J connectivity index is 2.35. The third-order valence-electron chi connectivity index (χ3n) is 3.52. The van der Waals surface area contributed by atoms with E-state index in [9.17, 15) is 5.26 Å². The van der Waals surface area contributed by atoms with Crippen LogP contribution in [0.25, 0.3) is 0 Å². The molecule has 1 heterocycles. The van der Waals surface area contributed by atoms with Gasteiger partial charge in [0.1, 0.15) is 5.76 Å². The van der Waals surface area contributed by atoms with Crippen molar-refractivity contribution < 1.29 is 4.52 Å². The molecule has 1 atom stereocenters. The lowest BCUT2D eigenvalue weighted by Crippen LogP contribution is -2.04. The van der Waals surface area contributed by atoms with Crippen molar-refractivity contribution in [3.63, 3.8) is 0 Å². The summed E-state index contributed by atoms with van der Waals surface area (Å²) < 4.78 is 5.17. The normalized spacial score (nSPS) is 12.2. The van der Waals surface area contributed by atoms with Gasteiger partial charge in [-0.15, -0.1) is 0 Å². The topological polar surface area (TPSA) is 49.8 Å².